The van der Waals surface area contributed by atoms with E-state index in [-0.39, 0.29) is 5.91 Å². The Kier molecular flexibility index (Phi) is 5.55. The number of carbonyl (C=O) groups is 1. The molecule has 3 rings (SSSR count). The molecule has 0 unspecified atom stereocenters. The van der Waals surface area contributed by atoms with Gasteiger partial charge in [-0.25, -0.2) is 8.42 Å². The highest BCUT2D eigenvalue weighted by Gasteiger charge is 2.26. The SMILES string of the molecule is COc1ccc(OCCNC(=O)c2ccc3c(c2)CCN3S(C)(=O)=O)cc1. The molecule has 27 heavy (non-hydrogen) atoms. The van der Waals surface area contributed by atoms with Crippen molar-refractivity contribution in [1.82, 2.24) is 5.32 Å². The lowest BCUT2D eigenvalue weighted by atomic mass is 10.1. The van der Waals surface area contributed by atoms with Crippen molar-refractivity contribution in [2.45, 2.75) is 6.42 Å². The smallest absolute Gasteiger partial charge is 0.251 e. The van der Waals surface area contributed by atoms with E-state index in [4.69, 9.17) is 9.47 Å². The predicted octanol–water partition coefficient (Wildman–Crippen LogP) is 1.83. The molecule has 8 heteroatoms. The Bertz CT molecular complexity index is 926. The lowest BCUT2D eigenvalue weighted by Crippen LogP contribution is -2.28. The van der Waals surface area contributed by atoms with Crippen LogP contribution < -0.4 is 19.1 Å². The van der Waals surface area contributed by atoms with Gasteiger partial charge in [0.2, 0.25) is 10.0 Å². The Labute approximate surface area is 158 Å². The quantitative estimate of drug-likeness (QED) is 0.729. The molecule has 1 amide bonds. The van der Waals surface area contributed by atoms with Gasteiger partial charge in [-0.15, -0.1) is 0 Å². The highest BCUT2D eigenvalue weighted by molar-refractivity contribution is 7.92. The summed E-state index contributed by atoms with van der Waals surface area (Å²) >= 11 is 0. The van der Waals surface area contributed by atoms with E-state index in [0.717, 1.165) is 11.3 Å². The number of hydrogen-bond acceptors (Lipinski definition) is 5. The molecular weight excluding hydrogens is 368 g/mol. The monoisotopic (exact) mass is 390 g/mol. The number of nitrogens with one attached hydrogen (secondary N) is 1. The topological polar surface area (TPSA) is 84.9 Å². The Morgan fingerprint density at radius 1 is 1.15 bits per heavy atom. The molecule has 0 saturated carbocycles. The van der Waals surface area contributed by atoms with E-state index in [1.807, 2.05) is 0 Å². The van der Waals surface area contributed by atoms with Gasteiger partial charge in [0.25, 0.3) is 5.91 Å². The summed E-state index contributed by atoms with van der Waals surface area (Å²) < 4.78 is 35.6. The van der Waals surface area contributed by atoms with Crippen LogP contribution in [0.3, 0.4) is 0 Å². The zero-order valence-electron chi connectivity index (χ0n) is 15.3. The first kappa shape index (κ1) is 19.0. The maximum atomic E-state index is 12.3. The van der Waals surface area contributed by atoms with Crippen LogP contribution in [0.5, 0.6) is 11.5 Å². The predicted molar refractivity (Wildman–Crippen MR) is 103 cm³/mol. The fraction of sp³-hybridized carbons (Fsp3) is 0.316. The van der Waals surface area contributed by atoms with Crippen molar-refractivity contribution in [2.75, 3.05) is 37.4 Å². The third-order valence-electron chi connectivity index (χ3n) is 4.31. The van der Waals surface area contributed by atoms with Crippen LogP contribution in [0.25, 0.3) is 0 Å². The summed E-state index contributed by atoms with van der Waals surface area (Å²) in [4.78, 5) is 12.3. The summed E-state index contributed by atoms with van der Waals surface area (Å²) in [5.74, 6) is 1.24. The van der Waals surface area contributed by atoms with Crippen LogP contribution in [0.4, 0.5) is 5.69 Å². The third-order valence-corrected chi connectivity index (χ3v) is 5.49. The van der Waals surface area contributed by atoms with E-state index in [2.05, 4.69) is 5.32 Å². The molecule has 7 nitrogen and oxygen atoms in total. The zero-order chi connectivity index (χ0) is 19.4. The number of fused-ring (bicyclic) bond motifs is 1. The van der Waals surface area contributed by atoms with Crippen molar-refractivity contribution in [1.29, 1.82) is 0 Å². The molecule has 2 aromatic carbocycles. The lowest BCUT2D eigenvalue weighted by molar-refractivity contribution is 0.0947. The molecule has 0 saturated heterocycles. The van der Waals surface area contributed by atoms with Crippen LogP contribution >= 0.6 is 0 Å². The first-order valence-corrected chi connectivity index (χ1v) is 10.4. The third kappa shape index (κ3) is 4.51. The number of hydrogen-bond donors (Lipinski definition) is 1. The molecule has 0 spiro atoms. The van der Waals surface area contributed by atoms with E-state index < -0.39 is 10.0 Å². The van der Waals surface area contributed by atoms with E-state index in [0.29, 0.717) is 43.1 Å². The van der Waals surface area contributed by atoms with Gasteiger partial charge in [-0.05, 0) is 54.4 Å². The number of ether oxygens (including phenoxy) is 2. The maximum absolute atomic E-state index is 12.3. The van der Waals surface area contributed by atoms with Crippen molar-refractivity contribution in [3.63, 3.8) is 0 Å². The summed E-state index contributed by atoms with van der Waals surface area (Å²) in [6.07, 6.45) is 1.79. The van der Waals surface area contributed by atoms with Crippen LogP contribution in [0.1, 0.15) is 15.9 Å². The molecule has 1 N–H and O–H groups in total. The highest BCUT2D eigenvalue weighted by atomic mass is 32.2. The Balaban J connectivity index is 1.53. The summed E-state index contributed by atoms with van der Waals surface area (Å²) in [6, 6.07) is 12.3. The van der Waals surface area contributed by atoms with Gasteiger partial charge in [0.1, 0.15) is 18.1 Å². The van der Waals surface area contributed by atoms with Gasteiger partial charge < -0.3 is 14.8 Å². The standard InChI is InChI=1S/C19H22N2O5S/c1-25-16-4-6-17(7-5-16)26-12-10-20-19(22)15-3-8-18-14(13-15)9-11-21(18)27(2,23)24/h3-8,13H,9-12H2,1-2H3,(H,20,22). The van der Waals surface area contributed by atoms with Crippen LogP contribution in [-0.2, 0) is 16.4 Å². The number of methoxy groups -OCH3 is 1. The molecule has 2 aromatic rings. The second-order valence-corrected chi connectivity index (χ2v) is 8.12. The normalized spacial score (nSPS) is 13.2. The van der Waals surface area contributed by atoms with Crippen LogP contribution in [0.15, 0.2) is 42.5 Å². The number of rotatable bonds is 7. The molecule has 1 aliphatic rings. The highest BCUT2D eigenvalue weighted by Crippen LogP contribution is 2.30. The molecule has 1 heterocycles. The second kappa shape index (κ2) is 7.87. The minimum Gasteiger partial charge on any atom is -0.497 e. The summed E-state index contributed by atoms with van der Waals surface area (Å²) in [7, 11) is -1.69. The van der Waals surface area contributed by atoms with Crippen molar-refractivity contribution in [3.05, 3.63) is 53.6 Å². The van der Waals surface area contributed by atoms with Gasteiger partial charge in [0, 0.05) is 12.1 Å². The van der Waals surface area contributed by atoms with Crippen LogP contribution in [0.2, 0.25) is 0 Å². The molecule has 0 aliphatic carbocycles. The molecule has 144 valence electrons. The summed E-state index contributed by atoms with van der Waals surface area (Å²) in [6.45, 7) is 1.11. The number of carbonyl (C=O) groups excluding carboxylic acids is 1. The summed E-state index contributed by atoms with van der Waals surface area (Å²) in [5.41, 5.74) is 2.02. The van der Waals surface area contributed by atoms with Gasteiger partial charge in [0.15, 0.2) is 0 Å². The number of benzene rings is 2. The van der Waals surface area contributed by atoms with Crippen molar-refractivity contribution >= 4 is 21.6 Å². The minimum atomic E-state index is -3.29. The molecule has 0 fully saturated rings. The summed E-state index contributed by atoms with van der Waals surface area (Å²) in [5, 5.41) is 2.80. The molecular formula is C19H22N2O5S. The van der Waals surface area contributed by atoms with Gasteiger partial charge in [-0.2, -0.15) is 0 Å². The molecule has 0 bridgehead atoms. The Morgan fingerprint density at radius 3 is 2.52 bits per heavy atom. The minimum absolute atomic E-state index is 0.214. The first-order chi connectivity index (χ1) is 12.9. The fourth-order valence-electron chi connectivity index (χ4n) is 2.96. The maximum Gasteiger partial charge on any atom is 0.251 e. The number of amides is 1. The Hall–Kier alpha value is -2.74. The van der Waals surface area contributed by atoms with Crippen molar-refractivity contribution in [2.24, 2.45) is 0 Å². The molecule has 0 atom stereocenters. The molecule has 0 aromatic heterocycles. The largest absolute Gasteiger partial charge is 0.497 e. The number of sulfonamides is 1. The zero-order valence-corrected chi connectivity index (χ0v) is 16.1. The second-order valence-electron chi connectivity index (χ2n) is 6.21. The van der Waals surface area contributed by atoms with Gasteiger partial charge in [-0.1, -0.05) is 0 Å². The van der Waals surface area contributed by atoms with E-state index in [1.54, 1.807) is 49.6 Å². The van der Waals surface area contributed by atoms with Crippen molar-refractivity contribution in [3.8, 4) is 11.5 Å². The number of anilines is 1. The van der Waals surface area contributed by atoms with E-state index in [1.165, 1.54) is 10.6 Å². The van der Waals surface area contributed by atoms with Crippen LogP contribution in [-0.4, -0.2) is 47.4 Å². The van der Waals surface area contributed by atoms with Gasteiger partial charge >= 0.3 is 0 Å². The Morgan fingerprint density at radius 2 is 1.85 bits per heavy atom. The van der Waals surface area contributed by atoms with Gasteiger partial charge in [0.05, 0.1) is 25.6 Å². The fourth-order valence-corrected chi connectivity index (χ4v) is 3.92. The van der Waals surface area contributed by atoms with Crippen molar-refractivity contribution < 1.29 is 22.7 Å². The molecule has 1 aliphatic heterocycles. The van der Waals surface area contributed by atoms with Gasteiger partial charge in [-0.3, -0.25) is 9.10 Å². The first-order valence-electron chi connectivity index (χ1n) is 8.54. The average molecular weight is 390 g/mol. The number of nitrogens with zero attached hydrogens (tertiary/aromatic N) is 1. The average Bonchev–Trinajstić information content (AvgIpc) is 3.09. The van der Waals surface area contributed by atoms with Crippen LogP contribution in [0, 0.1) is 0 Å². The molecule has 0 radical (unpaired) electrons. The van der Waals surface area contributed by atoms with E-state index >= 15 is 0 Å². The van der Waals surface area contributed by atoms with E-state index in [9.17, 15) is 13.2 Å². The lowest BCUT2D eigenvalue weighted by Gasteiger charge is -2.16.